The highest BCUT2D eigenvalue weighted by atomic mass is 35.5. The van der Waals surface area contributed by atoms with E-state index in [-0.39, 0.29) is 17.4 Å². The van der Waals surface area contributed by atoms with Gasteiger partial charge in [0.1, 0.15) is 5.54 Å². The fourth-order valence-corrected chi connectivity index (χ4v) is 3.69. The molecule has 4 nitrogen and oxygen atoms in total. The van der Waals surface area contributed by atoms with E-state index in [9.17, 15) is 4.79 Å². The van der Waals surface area contributed by atoms with Gasteiger partial charge in [0.2, 0.25) is 5.91 Å². The molecular weight excluding hydrogens is 347 g/mol. The van der Waals surface area contributed by atoms with Crippen LogP contribution in [0.3, 0.4) is 0 Å². The van der Waals surface area contributed by atoms with E-state index < -0.39 is 5.54 Å². The number of rotatable bonds is 7. The molecule has 1 aliphatic carbocycles. The summed E-state index contributed by atoms with van der Waals surface area (Å²) in [6.45, 7) is 7.13. The van der Waals surface area contributed by atoms with Crippen molar-refractivity contribution in [2.45, 2.75) is 51.7 Å². The molecule has 3 N–H and O–H groups in total. The molecule has 0 radical (unpaired) electrons. The second kappa shape index (κ2) is 7.61. The fraction of sp³-hybridized carbons (Fsp3) is 0.611. The summed E-state index contributed by atoms with van der Waals surface area (Å²) in [5.74, 6) is -0.106. The van der Waals surface area contributed by atoms with Gasteiger partial charge in [-0.3, -0.25) is 4.79 Å². The number of carbonyl (C=O) groups excluding carboxylic acids is 1. The first-order valence-corrected chi connectivity index (χ1v) is 9.10. The summed E-state index contributed by atoms with van der Waals surface area (Å²) in [4.78, 5) is 12.5. The van der Waals surface area contributed by atoms with E-state index in [0.29, 0.717) is 29.6 Å². The van der Waals surface area contributed by atoms with E-state index in [0.717, 1.165) is 18.4 Å². The molecule has 1 aromatic carbocycles. The lowest BCUT2D eigenvalue weighted by Crippen LogP contribution is -2.75. The molecule has 1 saturated carbocycles. The van der Waals surface area contributed by atoms with Gasteiger partial charge in [-0.15, -0.1) is 0 Å². The molecule has 24 heavy (non-hydrogen) atoms. The molecule has 0 spiro atoms. The van der Waals surface area contributed by atoms with Crippen molar-refractivity contribution in [3.63, 3.8) is 0 Å². The fourth-order valence-electron chi connectivity index (χ4n) is 3.18. The quantitative estimate of drug-likeness (QED) is 0.718. The first-order chi connectivity index (χ1) is 11.2. The van der Waals surface area contributed by atoms with E-state index in [4.69, 9.17) is 33.7 Å². The van der Waals surface area contributed by atoms with Crippen LogP contribution < -0.4 is 11.1 Å². The van der Waals surface area contributed by atoms with Crippen molar-refractivity contribution in [3.05, 3.63) is 33.8 Å². The summed E-state index contributed by atoms with van der Waals surface area (Å²) in [6, 6.07) is 5.47. The highest BCUT2D eigenvalue weighted by Crippen LogP contribution is 2.49. The Morgan fingerprint density at radius 1 is 1.42 bits per heavy atom. The molecule has 134 valence electrons. The average Bonchev–Trinajstić information content (AvgIpc) is 2.52. The molecule has 0 bridgehead atoms. The van der Waals surface area contributed by atoms with Crippen LogP contribution in [0.25, 0.3) is 0 Å². The normalized spacial score (nSPS) is 25.2. The highest BCUT2D eigenvalue weighted by Gasteiger charge is 2.62. The predicted molar refractivity (Wildman–Crippen MR) is 98.5 cm³/mol. The van der Waals surface area contributed by atoms with Crippen molar-refractivity contribution in [1.29, 1.82) is 0 Å². The zero-order valence-electron chi connectivity index (χ0n) is 14.5. The number of nitrogens with one attached hydrogen (secondary N) is 1. The van der Waals surface area contributed by atoms with E-state index in [1.165, 1.54) is 0 Å². The summed E-state index contributed by atoms with van der Waals surface area (Å²) in [5.41, 5.74) is 6.14. The van der Waals surface area contributed by atoms with Crippen LogP contribution in [0.5, 0.6) is 0 Å². The van der Waals surface area contributed by atoms with E-state index in [1.54, 1.807) is 6.07 Å². The van der Waals surface area contributed by atoms with E-state index in [2.05, 4.69) is 5.32 Å². The summed E-state index contributed by atoms with van der Waals surface area (Å²) in [6.07, 6.45) is 2.16. The zero-order valence-corrected chi connectivity index (χ0v) is 16.0. The van der Waals surface area contributed by atoms with Gasteiger partial charge in [0.25, 0.3) is 0 Å². The van der Waals surface area contributed by atoms with Crippen LogP contribution in [0, 0.1) is 5.41 Å². The Kier molecular flexibility index (Phi) is 6.19. The minimum absolute atomic E-state index is 0.0334. The number of aryl methyl sites for hydroxylation is 1. The van der Waals surface area contributed by atoms with Crippen LogP contribution in [0.4, 0.5) is 0 Å². The van der Waals surface area contributed by atoms with E-state index >= 15 is 0 Å². The minimum Gasteiger partial charge on any atom is -0.378 e. The average molecular weight is 373 g/mol. The van der Waals surface area contributed by atoms with Crippen molar-refractivity contribution >= 4 is 29.1 Å². The number of carbonyl (C=O) groups is 1. The molecule has 6 heteroatoms. The summed E-state index contributed by atoms with van der Waals surface area (Å²) in [7, 11) is 0. The standard InChI is InChI=1S/C18H26Cl2N2O2/c1-4-24-15-11-18(21,17(15,2)3)16(23)22-9-5-6-12-7-8-13(19)10-14(12)20/h7-8,10,15H,4-6,9,11,21H2,1-3H3,(H,22,23). The summed E-state index contributed by atoms with van der Waals surface area (Å²) in [5, 5.41) is 4.24. The van der Waals surface area contributed by atoms with E-state index in [1.807, 2.05) is 32.9 Å². The predicted octanol–water partition coefficient (Wildman–Crippen LogP) is 3.57. The van der Waals surface area contributed by atoms with Crippen molar-refractivity contribution in [3.8, 4) is 0 Å². The smallest absolute Gasteiger partial charge is 0.240 e. The van der Waals surface area contributed by atoms with Gasteiger partial charge in [-0.1, -0.05) is 43.1 Å². The molecule has 0 heterocycles. The lowest BCUT2D eigenvalue weighted by Gasteiger charge is -2.57. The number of hydrogen-bond acceptors (Lipinski definition) is 3. The number of benzene rings is 1. The topological polar surface area (TPSA) is 64.3 Å². The third-order valence-electron chi connectivity index (χ3n) is 5.16. The van der Waals surface area contributed by atoms with Crippen LogP contribution in [0.15, 0.2) is 18.2 Å². The number of amides is 1. The largest absolute Gasteiger partial charge is 0.378 e. The zero-order chi connectivity index (χ0) is 18.0. The lowest BCUT2D eigenvalue weighted by molar-refractivity contribution is -0.170. The van der Waals surface area contributed by atoms with Gasteiger partial charge in [0.05, 0.1) is 6.10 Å². The number of nitrogens with two attached hydrogens (primary N) is 1. The van der Waals surface area contributed by atoms with Gasteiger partial charge in [0.15, 0.2) is 0 Å². The molecule has 1 aromatic rings. The van der Waals surface area contributed by atoms with Crippen LogP contribution >= 0.6 is 23.2 Å². The van der Waals surface area contributed by atoms with Crippen LogP contribution in [0.2, 0.25) is 10.0 Å². The van der Waals surface area contributed by atoms with Crippen LogP contribution in [-0.2, 0) is 16.0 Å². The molecule has 2 unspecified atom stereocenters. The number of hydrogen-bond donors (Lipinski definition) is 2. The lowest BCUT2D eigenvalue weighted by atomic mass is 9.54. The third kappa shape index (κ3) is 3.72. The van der Waals surface area contributed by atoms with Gasteiger partial charge in [-0.2, -0.15) is 0 Å². The van der Waals surface area contributed by atoms with Crippen molar-refractivity contribution in [2.24, 2.45) is 11.1 Å². The molecule has 1 aliphatic rings. The van der Waals surface area contributed by atoms with Crippen molar-refractivity contribution in [2.75, 3.05) is 13.2 Å². The highest BCUT2D eigenvalue weighted by molar-refractivity contribution is 6.35. The maximum absolute atomic E-state index is 12.5. The Balaban J connectivity index is 1.81. The second-order valence-electron chi connectivity index (χ2n) is 6.94. The maximum Gasteiger partial charge on any atom is 0.240 e. The Morgan fingerprint density at radius 3 is 2.71 bits per heavy atom. The van der Waals surface area contributed by atoms with Crippen molar-refractivity contribution < 1.29 is 9.53 Å². The third-order valence-corrected chi connectivity index (χ3v) is 5.75. The molecule has 0 saturated heterocycles. The Bertz CT molecular complexity index is 607. The monoisotopic (exact) mass is 372 g/mol. The SMILES string of the molecule is CCOC1CC(N)(C(=O)NCCCc2ccc(Cl)cc2Cl)C1(C)C. The molecule has 2 atom stereocenters. The van der Waals surface area contributed by atoms with Gasteiger partial charge in [-0.05, 0) is 37.5 Å². The summed E-state index contributed by atoms with van der Waals surface area (Å²) < 4.78 is 5.66. The maximum atomic E-state index is 12.5. The first kappa shape index (κ1) is 19.5. The van der Waals surface area contributed by atoms with Gasteiger partial charge in [-0.25, -0.2) is 0 Å². The number of halogens is 2. The molecule has 0 aromatic heterocycles. The first-order valence-electron chi connectivity index (χ1n) is 8.35. The minimum atomic E-state index is -0.870. The molecule has 1 fully saturated rings. The molecule has 2 rings (SSSR count). The Morgan fingerprint density at radius 2 is 2.12 bits per heavy atom. The summed E-state index contributed by atoms with van der Waals surface area (Å²) >= 11 is 12.0. The van der Waals surface area contributed by atoms with Gasteiger partial charge >= 0.3 is 0 Å². The molecule has 0 aliphatic heterocycles. The molecular formula is C18H26Cl2N2O2. The Labute approximate surface area is 154 Å². The van der Waals surface area contributed by atoms with Crippen molar-refractivity contribution in [1.82, 2.24) is 5.32 Å². The van der Waals surface area contributed by atoms with Crippen LogP contribution in [0.1, 0.15) is 39.2 Å². The van der Waals surface area contributed by atoms with Gasteiger partial charge < -0.3 is 15.8 Å². The molecule has 1 amide bonds. The Hall–Kier alpha value is -0.810. The second-order valence-corrected chi connectivity index (χ2v) is 7.78. The van der Waals surface area contributed by atoms with Crippen LogP contribution in [-0.4, -0.2) is 30.7 Å². The van der Waals surface area contributed by atoms with Gasteiger partial charge in [0, 0.05) is 35.0 Å². The number of ether oxygens (including phenoxy) is 1.